The first-order valence-corrected chi connectivity index (χ1v) is 5.76. The van der Waals surface area contributed by atoms with Crippen molar-refractivity contribution in [1.29, 1.82) is 0 Å². The summed E-state index contributed by atoms with van der Waals surface area (Å²) >= 11 is 11.9. The molecule has 0 bridgehead atoms. The summed E-state index contributed by atoms with van der Waals surface area (Å²) in [5.41, 5.74) is 1.55. The molecule has 1 heterocycles. The van der Waals surface area contributed by atoms with Crippen LogP contribution >= 0.6 is 23.2 Å². The van der Waals surface area contributed by atoms with E-state index >= 15 is 0 Å². The maximum Gasteiger partial charge on any atom is 0.257 e. The second-order valence-corrected chi connectivity index (χ2v) is 4.29. The molecule has 0 atom stereocenters. The predicted molar refractivity (Wildman–Crippen MR) is 68.0 cm³/mol. The van der Waals surface area contributed by atoms with Crippen LogP contribution in [0.5, 0.6) is 11.6 Å². The normalized spacial score (nSPS) is 10.4. The summed E-state index contributed by atoms with van der Waals surface area (Å²) in [7, 11) is 0. The molecule has 5 heteroatoms. The van der Waals surface area contributed by atoms with Crippen molar-refractivity contribution in [3.8, 4) is 11.6 Å². The molecule has 17 heavy (non-hydrogen) atoms. The fraction of sp³-hybridized carbons (Fsp3) is 0.167. The Morgan fingerprint density at radius 3 is 2.35 bits per heavy atom. The molecule has 0 amide bonds. The Morgan fingerprint density at radius 1 is 1.00 bits per heavy atom. The van der Waals surface area contributed by atoms with Crippen LogP contribution in [0.1, 0.15) is 11.4 Å². The molecule has 2 aromatic rings. The summed E-state index contributed by atoms with van der Waals surface area (Å²) < 4.78 is 5.54. The van der Waals surface area contributed by atoms with Gasteiger partial charge < -0.3 is 4.74 Å². The molecule has 0 N–H and O–H groups in total. The zero-order chi connectivity index (χ0) is 12.4. The molecule has 0 aliphatic heterocycles. The summed E-state index contributed by atoms with van der Waals surface area (Å²) in [4.78, 5) is 8.37. The van der Waals surface area contributed by atoms with E-state index < -0.39 is 0 Å². The molecular weight excluding hydrogens is 259 g/mol. The van der Waals surface area contributed by atoms with Crippen molar-refractivity contribution >= 4 is 23.2 Å². The number of aromatic nitrogens is 2. The maximum absolute atomic E-state index is 5.98. The summed E-state index contributed by atoms with van der Waals surface area (Å²) in [6, 6.07) is 7.13. The number of ether oxygens (including phenoxy) is 1. The third kappa shape index (κ3) is 2.68. The van der Waals surface area contributed by atoms with Crippen molar-refractivity contribution < 1.29 is 4.74 Å². The van der Waals surface area contributed by atoms with Gasteiger partial charge in [0.1, 0.15) is 5.75 Å². The first-order chi connectivity index (χ1) is 8.08. The standard InChI is InChI=1S/C12H10Cl2N2O/c1-7-8(2)16-12(11(14)15-7)17-10-6-4-3-5-9(10)13/h3-6H,1-2H3. The van der Waals surface area contributed by atoms with Gasteiger partial charge in [-0.2, -0.15) is 0 Å². The fourth-order valence-corrected chi connectivity index (χ4v) is 1.63. The van der Waals surface area contributed by atoms with Gasteiger partial charge in [0.15, 0.2) is 5.15 Å². The van der Waals surface area contributed by atoms with Crippen molar-refractivity contribution in [3.63, 3.8) is 0 Å². The van der Waals surface area contributed by atoms with Crippen LogP contribution in [-0.4, -0.2) is 9.97 Å². The molecule has 0 aliphatic rings. The van der Waals surface area contributed by atoms with Gasteiger partial charge in [0.05, 0.1) is 16.4 Å². The van der Waals surface area contributed by atoms with Gasteiger partial charge in [0.2, 0.25) is 0 Å². The third-order valence-electron chi connectivity index (χ3n) is 2.28. The summed E-state index contributed by atoms with van der Waals surface area (Å²) in [5, 5.41) is 0.733. The van der Waals surface area contributed by atoms with E-state index in [1.807, 2.05) is 26.0 Å². The Hall–Kier alpha value is -1.32. The summed E-state index contributed by atoms with van der Waals surface area (Å²) in [6.07, 6.45) is 0. The van der Waals surface area contributed by atoms with Crippen LogP contribution in [0.15, 0.2) is 24.3 Å². The van der Waals surface area contributed by atoms with Gasteiger partial charge in [-0.15, -0.1) is 0 Å². The molecule has 1 aromatic heterocycles. The first-order valence-electron chi connectivity index (χ1n) is 5.01. The van der Waals surface area contributed by atoms with Crippen molar-refractivity contribution in [3.05, 3.63) is 45.8 Å². The van der Waals surface area contributed by atoms with E-state index in [4.69, 9.17) is 27.9 Å². The number of hydrogen-bond donors (Lipinski definition) is 0. The zero-order valence-corrected chi connectivity index (χ0v) is 10.9. The quantitative estimate of drug-likeness (QED) is 0.819. The number of halogens is 2. The van der Waals surface area contributed by atoms with E-state index in [1.165, 1.54) is 0 Å². The minimum Gasteiger partial charge on any atom is -0.435 e. The van der Waals surface area contributed by atoms with Crippen LogP contribution in [-0.2, 0) is 0 Å². The SMILES string of the molecule is Cc1nc(Cl)c(Oc2ccccc2Cl)nc1C. The van der Waals surface area contributed by atoms with Gasteiger partial charge in [0.25, 0.3) is 5.88 Å². The smallest absolute Gasteiger partial charge is 0.257 e. The van der Waals surface area contributed by atoms with Crippen LogP contribution < -0.4 is 4.74 Å². The molecule has 0 radical (unpaired) electrons. The number of aryl methyl sites for hydroxylation is 2. The maximum atomic E-state index is 5.98. The van der Waals surface area contributed by atoms with Gasteiger partial charge in [-0.25, -0.2) is 9.97 Å². The molecule has 88 valence electrons. The van der Waals surface area contributed by atoms with Crippen LogP contribution in [0.4, 0.5) is 0 Å². The van der Waals surface area contributed by atoms with Crippen molar-refractivity contribution in [2.24, 2.45) is 0 Å². The number of benzene rings is 1. The Morgan fingerprint density at radius 2 is 1.65 bits per heavy atom. The highest BCUT2D eigenvalue weighted by molar-refractivity contribution is 6.32. The van der Waals surface area contributed by atoms with Crippen LogP contribution in [0, 0.1) is 13.8 Å². The third-order valence-corrected chi connectivity index (χ3v) is 2.84. The Labute approximate surface area is 109 Å². The monoisotopic (exact) mass is 268 g/mol. The Kier molecular flexibility index (Phi) is 3.50. The molecule has 0 unspecified atom stereocenters. The van der Waals surface area contributed by atoms with Crippen molar-refractivity contribution in [1.82, 2.24) is 9.97 Å². The lowest BCUT2D eigenvalue weighted by molar-refractivity contribution is 0.458. The van der Waals surface area contributed by atoms with E-state index in [-0.39, 0.29) is 11.0 Å². The predicted octanol–water partition coefficient (Wildman–Crippen LogP) is 4.19. The summed E-state index contributed by atoms with van der Waals surface area (Å²) in [5.74, 6) is 0.775. The average Bonchev–Trinajstić information content (AvgIpc) is 2.29. The fourth-order valence-electron chi connectivity index (χ4n) is 1.25. The highest BCUT2D eigenvalue weighted by Crippen LogP contribution is 2.31. The molecule has 1 aromatic carbocycles. The van der Waals surface area contributed by atoms with Gasteiger partial charge in [-0.05, 0) is 26.0 Å². The van der Waals surface area contributed by atoms with Crippen molar-refractivity contribution in [2.45, 2.75) is 13.8 Å². The molecule has 3 nitrogen and oxygen atoms in total. The number of hydrogen-bond acceptors (Lipinski definition) is 3. The van der Waals surface area contributed by atoms with Gasteiger partial charge in [-0.3, -0.25) is 0 Å². The van der Waals surface area contributed by atoms with E-state index in [0.29, 0.717) is 10.8 Å². The molecule has 0 fully saturated rings. The number of para-hydroxylation sites is 1. The highest BCUT2D eigenvalue weighted by atomic mass is 35.5. The molecule has 0 aliphatic carbocycles. The van der Waals surface area contributed by atoms with E-state index in [0.717, 1.165) is 11.4 Å². The van der Waals surface area contributed by atoms with E-state index in [1.54, 1.807) is 12.1 Å². The summed E-state index contributed by atoms with van der Waals surface area (Å²) in [6.45, 7) is 3.69. The number of nitrogens with zero attached hydrogens (tertiary/aromatic N) is 2. The lowest BCUT2D eigenvalue weighted by Gasteiger charge is -2.09. The van der Waals surface area contributed by atoms with Crippen molar-refractivity contribution in [2.75, 3.05) is 0 Å². The molecule has 2 rings (SSSR count). The topological polar surface area (TPSA) is 35.0 Å². The van der Waals surface area contributed by atoms with Crippen LogP contribution in [0.3, 0.4) is 0 Å². The van der Waals surface area contributed by atoms with Gasteiger partial charge in [0, 0.05) is 0 Å². The second kappa shape index (κ2) is 4.90. The Bertz CT molecular complexity index is 558. The largest absolute Gasteiger partial charge is 0.435 e. The lowest BCUT2D eigenvalue weighted by Crippen LogP contribution is -1.97. The second-order valence-electron chi connectivity index (χ2n) is 3.52. The van der Waals surface area contributed by atoms with E-state index in [9.17, 15) is 0 Å². The first kappa shape index (κ1) is 12.1. The van der Waals surface area contributed by atoms with E-state index in [2.05, 4.69) is 9.97 Å². The minimum absolute atomic E-state index is 0.230. The Balaban J connectivity index is 2.37. The van der Waals surface area contributed by atoms with Crippen LogP contribution in [0.25, 0.3) is 0 Å². The zero-order valence-electron chi connectivity index (χ0n) is 9.37. The molecular formula is C12H10Cl2N2O. The molecule has 0 saturated carbocycles. The molecule has 0 spiro atoms. The van der Waals surface area contributed by atoms with Gasteiger partial charge >= 0.3 is 0 Å². The lowest BCUT2D eigenvalue weighted by atomic mass is 10.3. The highest BCUT2D eigenvalue weighted by Gasteiger charge is 2.10. The molecule has 0 saturated heterocycles. The van der Waals surface area contributed by atoms with Gasteiger partial charge in [-0.1, -0.05) is 35.3 Å². The average molecular weight is 269 g/mol. The minimum atomic E-state index is 0.230. The number of rotatable bonds is 2. The van der Waals surface area contributed by atoms with Crippen LogP contribution in [0.2, 0.25) is 10.2 Å².